The molecule has 1 amide bonds. The zero-order chi connectivity index (χ0) is 13.7. The topological polar surface area (TPSA) is 38.3 Å². The van der Waals surface area contributed by atoms with Crippen LogP contribution in [0.1, 0.15) is 37.5 Å². The number of hydrogen-bond donors (Lipinski definition) is 1. The van der Waals surface area contributed by atoms with E-state index in [9.17, 15) is 4.79 Å². The monoisotopic (exact) mass is 269 g/mol. The van der Waals surface area contributed by atoms with E-state index in [2.05, 4.69) is 12.2 Å². The highest BCUT2D eigenvalue weighted by Gasteiger charge is 2.14. The van der Waals surface area contributed by atoms with Crippen molar-refractivity contribution in [1.29, 1.82) is 0 Å². The standard InChI is InChI=1S/C14H20ClNO2/c1-5-11-12(8-18-6-2)9(3)13(15)7-14(11)16-10(4)17/h7H,5-6,8H2,1-4H3,(H,16,17). The summed E-state index contributed by atoms with van der Waals surface area (Å²) in [5, 5.41) is 3.49. The normalized spacial score (nSPS) is 10.5. The second-order valence-electron chi connectivity index (χ2n) is 4.16. The molecular formula is C14H20ClNO2. The van der Waals surface area contributed by atoms with Crippen LogP contribution in [0.15, 0.2) is 6.07 Å². The number of nitrogens with one attached hydrogen (secondary N) is 1. The van der Waals surface area contributed by atoms with Crippen LogP contribution in [0.4, 0.5) is 5.69 Å². The molecule has 0 atom stereocenters. The molecule has 3 nitrogen and oxygen atoms in total. The summed E-state index contributed by atoms with van der Waals surface area (Å²) >= 11 is 6.20. The molecule has 1 aromatic rings. The maximum atomic E-state index is 11.2. The van der Waals surface area contributed by atoms with Crippen LogP contribution in [0.25, 0.3) is 0 Å². The van der Waals surface area contributed by atoms with Crippen LogP contribution < -0.4 is 5.32 Å². The molecule has 0 heterocycles. The third kappa shape index (κ3) is 3.47. The van der Waals surface area contributed by atoms with Gasteiger partial charge in [0.05, 0.1) is 6.61 Å². The molecule has 0 aliphatic carbocycles. The first-order valence-corrected chi connectivity index (χ1v) is 6.55. The molecular weight excluding hydrogens is 250 g/mol. The maximum absolute atomic E-state index is 11.2. The molecule has 4 heteroatoms. The van der Waals surface area contributed by atoms with E-state index in [1.54, 1.807) is 0 Å². The average molecular weight is 270 g/mol. The predicted molar refractivity (Wildman–Crippen MR) is 75.2 cm³/mol. The van der Waals surface area contributed by atoms with Crippen molar-refractivity contribution >= 4 is 23.2 Å². The molecule has 0 saturated heterocycles. The molecule has 0 aliphatic heterocycles. The van der Waals surface area contributed by atoms with Crippen molar-refractivity contribution in [3.8, 4) is 0 Å². The van der Waals surface area contributed by atoms with Crippen molar-refractivity contribution < 1.29 is 9.53 Å². The fourth-order valence-corrected chi connectivity index (χ4v) is 2.18. The van der Waals surface area contributed by atoms with Gasteiger partial charge in [-0.1, -0.05) is 18.5 Å². The van der Waals surface area contributed by atoms with E-state index in [-0.39, 0.29) is 5.91 Å². The van der Waals surface area contributed by atoms with Crippen molar-refractivity contribution in [3.63, 3.8) is 0 Å². The second kappa shape index (κ2) is 6.76. The van der Waals surface area contributed by atoms with E-state index >= 15 is 0 Å². The van der Waals surface area contributed by atoms with E-state index in [1.807, 2.05) is 19.9 Å². The lowest BCUT2D eigenvalue weighted by molar-refractivity contribution is -0.114. The molecule has 0 unspecified atom stereocenters. The van der Waals surface area contributed by atoms with Crippen LogP contribution in [-0.2, 0) is 22.6 Å². The molecule has 1 N–H and O–H groups in total. The molecule has 1 aromatic carbocycles. The molecule has 0 saturated carbocycles. The first-order valence-electron chi connectivity index (χ1n) is 6.17. The smallest absolute Gasteiger partial charge is 0.221 e. The lowest BCUT2D eigenvalue weighted by Crippen LogP contribution is -2.11. The molecule has 18 heavy (non-hydrogen) atoms. The molecule has 0 spiro atoms. The fraction of sp³-hybridized carbons (Fsp3) is 0.500. The van der Waals surface area contributed by atoms with Crippen molar-refractivity contribution in [2.75, 3.05) is 11.9 Å². The van der Waals surface area contributed by atoms with Gasteiger partial charge in [0.25, 0.3) is 0 Å². The Kier molecular flexibility index (Phi) is 5.63. The van der Waals surface area contributed by atoms with Gasteiger partial charge >= 0.3 is 0 Å². The highest BCUT2D eigenvalue weighted by molar-refractivity contribution is 6.31. The summed E-state index contributed by atoms with van der Waals surface area (Å²) in [6.07, 6.45) is 0.829. The number of amides is 1. The van der Waals surface area contributed by atoms with E-state index < -0.39 is 0 Å². The fourth-order valence-electron chi connectivity index (χ4n) is 1.96. The van der Waals surface area contributed by atoms with E-state index in [0.717, 1.165) is 28.8 Å². The minimum atomic E-state index is -0.0908. The summed E-state index contributed by atoms with van der Waals surface area (Å²) < 4.78 is 5.49. The number of hydrogen-bond acceptors (Lipinski definition) is 2. The van der Waals surface area contributed by atoms with E-state index in [0.29, 0.717) is 18.2 Å². The Morgan fingerprint density at radius 2 is 2.06 bits per heavy atom. The Bertz CT molecular complexity index is 444. The van der Waals surface area contributed by atoms with Gasteiger partial charge in [0.1, 0.15) is 0 Å². The van der Waals surface area contributed by atoms with Crippen LogP contribution in [-0.4, -0.2) is 12.5 Å². The van der Waals surface area contributed by atoms with Gasteiger partial charge in [-0.2, -0.15) is 0 Å². The lowest BCUT2D eigenvalue weighted by Gasteiger charge is -2.18. The summed E-state index contributed by atoms with van der Waals surface area (Å²) in [7, 11) is 0. The Morgan fingerprint density at radius 3 is 2.56 bits per heavy atom. The van der Waals surface area contributed by atoms with Crippen LogP contribution >= 0.6 is 11.6 Å². The quantitative estimate of drug-likeness (QED) is 0.885. The van der Waals surface area contributed by atoms with Gasteiger partial charge in [0.15, 0.2) is 0 Å². The summed E-state index contributed by atoms with van der Waals surface area (Å²) in [4.78, 5) is 11.2. The lowest BCUT2D eigenvalue weighted by atomic mass is 9.98. The Morgan fingerprint density at radius 1 is 1.39 bits per heavy atom. The number of carbonyl (C=O) groups excluding carboxylic acids is 1. The summed E-state index contributed by atoms with van der Waals surface area (Å²) in [5.41, 5.74) is 3.99. The number of anilines is 1. The van der Waals surface area contributed by atoms with Gasteiger partial charge in [0, 0.05) is 24.2 Å². The molecule has 0 radical (unpaired) electrons. The van der Waals surface area contributed by atoms with Gasteiger partial charge in [-0.15, -0.1) is 0 Å². The van der Waals surface area contributed by atoms with Crippen LogP contribution in [0.3, 0.4) is 0 Å². The number of rotatable bonds is 5. The van der Waals surface area contributed by atoms with Gasteiger partial charge in [0.2, 0.25) is 5.91 Å². The zero-order valence-corrected chi connectivity index (χ0v) is 12.1. The third-order valence-corrected chi connectivity index (χ3v) is 3.28. The molecule has 0 aromatic heterocycles. The van der Waals surface area contributed by atoms with Gasteiger partial charge in [-0.05, 0) is 43.0 Å². The van der Waals surface area contributed by atoms with Crippen LogP contribution in [0.2, 0.25) is 5.02 Å². The molecule has 100 valence electrons. The minimum absolute atomic E-state index is 0.0908. The largest absolute Gasteiger partial charge is 0.377 e. The summed E-state index contributed by atoms with van der Waals surface area (Å²) in [6, 6.07) is 1.81. The van der Waals surface area contributed by atoms with E-state index in [1.165, 1.54) is 6.92 Å². The molecule has 0 bridgehead atoms. The number of ether oxygens (including phenoxy) is 1. The average Bonchev–Trinajstić information content (AvgIpc) is 2.31. The molecule has 1 rings (SSSR count). The van der Waals surface area contributed by atoms with Crippen LogP contribution in [0.5, 0.6) is 0 Å². The van der Waals surface area contributed by atoms with Crippen molar-refractivity contribution in [2.24, 2.45) is 0 Å². The Labute approximate surface area is 113 Å². The minimum Gasteiger partial charge on any atom is -0.377 e. The first kappa shape index (κ1) is 15.0. The number of carbonyl (C=O) groups is 1. The summed E-state index contributed by atoms with van der Waals surface area (Å²) in [6.45, 7) is 8.68. The maximum Gasteiger partial charge on any atom is 0.221 e. The van der Waals surface area contributed by atoms with Gasteiger partial charge in [-0.3, -0.25) is 4.79 Å². The number of benzene rings is 1. The van der Waals surface area contributed by atoms with Crippen molar-refractivity contribution in [2.45, 2.75) is 40.7 Å². The number of halogens is 1. The van der Waals surface area contributed by atoms with Gasteiger partial charge in [-0.25, -0.2) is 0 Å². The zero-order valence-electron chi connectivity index (χ0n) is 11.4. The molecule has 0 aliphatic rings. The SMILES string of the molecule is CCOCc1c(C)c(Cl)cc(NC(C)=O)c1CC. The summed E-state index contributed by atoms with van der Waals surface area (Å²) in [5.74, 6) is -0.0908. The highest BCUT2D eigenvalue weighted by atomic mass is 35.5. The van der Waals surface area contributed by atoms with Crippen molar-refractivity contribution in [3.05, 3.63) is 27.8 Å². The van der Waals surface area contributed by atoms with E-state index in [4.69, 9.17) is 16.3 Å². The first-order chi connectivity index (χ1) is 8.51. The van der Waals surface area contributed by atoms with Gasteiger partial charge < -0.3 is 10.1 Å². The Hall–Kier alpha value is -1.06. The van der Waals surface area contributed by atoms with Crippen LogP contribution in [0, 0.1) is 6.92 Å². The second-order valence-corrected chi connectivity index (χ2v) is 4.57. The highest BCUT2D eigenvalue weighted by Crippen LogP contribution is 2.31. The molecule has 0 fully saturated rings. The van der Waals surface area contributed by atoms with Crippen molar-refractivity contribution in [1.82, 2.24) is 0 Å². The third-order valence-electron chi connectivity index (χ3n) is 2.89. The Balaban J connectivity index is 3.27. The predicted octanol–water partition coefficient (Wildman–Crippen LogP) is 3.71.